The number of nitrogen functional groups attached to an aromatic ring is 1. The van der Waals surface area contributed by atoms with E-state index < -0.39 is 17.4 Å². The van der Waals surface area contributed by atoms with Crippen LogP contribution in [0.5, 0.6) is 0 Å². The van der Waals surface area contributed by atoms with Gasteiger partial charge in [0.05, 0.1) is 16.8 Å². The Labute approximate surface area is 184 Å². The molecule has 0 unspecified atom stereocenters. The van der Waals surface area contributed by atoms with Gasteiger partial charge in [-0.2, -0.15) is 0 Å². The number of hydrogen-bond acceptors (Lipinski definition) is 5. The summed E-state index contributed by atoms with van der Waals surface area (Å²) in [5, 5.41) is 5.43. The quantitative estimate of drug-likeness (QED) is 0.639. The van der Waals surface area contributed by atoms with E-state index >= 15 is 0 Å². The predicted octanol–water partition coefficient (Wildman–Crippen LogP) is 1.86. The summed E-state index contributed by atoms with van der Waals surface area (Å²) in [6.07, 6.45) is 6.29. The molecule has 4 saturated carbocycles. The van der Waals surface area contributed by atoms with E-state index in [1.165, 1.54) is 36.7 Å². The highest BCUT2D eigenvalue weighted by Crippen LogP contribution is 2.53. The molecule has 0 atom stereocenters. The number of carbonyl (C=O) groups is 3. The summed E-state index contributed by atoms with van der Waals surface area (Å²) in [6, 6.07) is 7.94. The van der Waals surface area contributed by atoms with E-state index in [2.05, 4.69) is 10.6 Å². The fourth-order valence-corrected chi connectivity index (χ4v) is 6.70. The van der Waals surface area contributed by atoms with Crippen molar-refractivity contribution >= 4 is 23.5 Å². The van der Waals surface area contributed by atoms with E-state index in [-0.39, 0.29) is 28.9 Å². The van der Waals surface area contributed by atoms with Crippen LogP contribution in [0.2, 0.25) is 0 Å². The fourth-order valence-electron chi connectivity index (χ4n) is 6.70. The van der Waals surface area contributed by atoms with Gasteiger partial charge in [-0.1, -0.05) is 0 Å². The second-order valence-electron chi connectivity index (χ2n) is 9.75. The van der Waals surface area contributed by atoms with Crippen molar-refractivity contribution in [3.05, 3.63) is 57.4 Å². The summed E-state index contributed by atoms with van der Waals surface area (Å²) < 4.78 is 1.18. The van der Waals surface area contributed by atoms with Crippen LogP contribution in [0, 0.1) is 23.7 Å². The SMILES string of the molecule is Nc1c2c(cc(=O)n1-c1ccc(C(=O)NC3C4CC5CC(C4)CC3C5)cc1)C(=O)NC2=O. The molecule has 4 bridgehead atoms. The molecule has 164 valence electrons. The molecule has 7 rings (SSSR count). The average molecular weight is 432 g/mol. The highest BCUT2D eigenvalue weighted by atomic mass is 16.2. The molecule has 4 aliphatic carbocycles. The van der Waals surface area contributed by atoms with E-state index in [0.717, 1.165) is 17.9 Å². The van der Waals surface area contributed by atoms with Gasteiger partial charge >= 0.3 is 0 Å². The molecular weight excluding hydrogens is 408 g/mol. The molecule has 0 radical (unpaired) electrons. The maximum absolute atomic E-state index is 13.0. The minimum absolute atomic E-state index is 0.00157. The highest BCUT2D eigenvalue weighted by Gasteiger charge is 2.48. The number of carbonyl (C=O) groups excluding carboxylic acids is 3. The number of benzene rings is 1. The van der Waals surface area contributed by atoms with Crippen LogP contribution in [-0.4, -0.2) is 28.3 Å². The third-order valence-electron chi connectivity index (χ3n) is 7.87. The minimum atomic E-state index is -0.627. The molecule has 4 fully saturated rings. The lowest BCUT2D eigenvalue weighted by Gasteiger charge is -2.54. The molecule has 0 saturated heterocycles. The van der Waals surface area contributed by atoms with Gasteiger partial charge < -0.3 is 11.1 Å². The summed E-state index contributed by atoms with van der Waals surface area (Å²) >= 11 is 0. The van der Waals surface area contributed by atoms with Crippen molar-refractivity contribution < 1.29 is 14.4 Å². The van der Waals surface area contributed by atoms with Crippen LogP contribution in [0.25, 0.3) is 5.69 Å². The van der Waals surface area contributed by atoms with E-state index in [0.29, 0.717) is 23.1 Å². The molecule has 0 spiro atoms. The summed E-state index contributed by atoms with van der Waals surface area (Å²) in [6.45, 7) is 0. The van der Waals surface area contributed by atoms with Crippen molar-refractivity contribution in [3.63, 3.8) is 0 Å². The van der Waals surface area contributed by atoms with Crippen molar-refractivity contribution in [1.82, 2.24) is 15.2 Å². The maximum atomic E-state index is 13.0. The first-order chi connectivity index (χ1) is 15.4. The Morgan fingerprint density at radius 3 is 2.19 bits per heavy atom. The lowest BCUT2D eigenvalue weighted by atomic mass is 9.54. The Bertz CT molecular complexity index is 1200. The standard InChI is InChI=1S/C24H24N4O4/c25-21-19-17(23(31)27-24(19)32)10-18(29)28(21)16-3-1-13(2-4-16)22(30)26-20-14-6-11-5-12(8-14)9-15(20)7-11/h1-4,10-12,14-15,20H,5-9,25H2,(H,26,30)(H,27,31,32). The van der Waals surface area contributed by atoms with Gasteiger partial charge in [0, 0.05) is 17.7 Å². The zero-order valence-corrected chi connectivity index (χ0v) is 17.5. The van der Waals surface area contributed by atoms with Crippen molar-refractivity contribution in [1.29, 1.82) is 0 Å². The Morgan fingerprint density at radius 1 is 0.938 bits per heavy atom. The Balaban J connectivity index is 1.25. The van der Waals surface area contributed by atoms with Crippen LogP contribution >= 0.6 is 0 Å². The Kier molecular flexibility index (Phi) is 4.09. The van der Waals surface area contributed by atoms with Gasteiger partial charge in [-0.3, -0.25) is 29.1 Å². The van der Waals surface area contributed by atoms with E-state index in [1.54, 1.807) is 24.3 Å². The number of anilines is 1. The number of nitrogens with zero attached hydrogens (tertiary/aromatic N) is 1. The maximum Gasteiger partial charge on any atom is 0.262 e. The number of nitrogens with one attached hydrogen (secondary N) is 2. The van der Waals surface area contributed by atoms with Crippen molar-refractivity contribution in [2.45, 2.75) is 38.1 Å². The molecule has 1 aromatic heterocycles. The third-order valence-corrected chi connectivity index (χ3v) is 7.87. The van der Waals surface area contributed by atoms with Gasteiger partial charge in [0.2, 0.25) is 0 Å². The lowest BCUT2D eigenvalue weighted by molar-refractivity contribution is -0.0119. The second kappa shape index (κ2) is 6.79. The summed E-state index contributed by atoms with van der Waals surface area (Å²) in [5.41, 5.74) is 6.49. The first-order valence-corrected chi connectivity index (χ1v) is 11.2. The molecular formula is C24H24N4O4. The molecule has 5 aliphatic rings. The topological polar surface area (TPSA) is 123 Å². The molecule has 2 heterocycles. The molecule has 3 amide bonds. The Hall–Kier alpha value is -3.42. The average Bonchev–Trinajstić information content (AvgIpc) is 3.03. The first kappa shape index (κ1) is 19.3. The molecule has 2 aromatic rings. The largest absolute Gasteiger partial charge is 0.384 e. The van der Waals surface area contributed by atoms with Crippen molar-refractivity contribution in [3.8, 4) is 5.69 Å². The molecule has 1 aromatic carbocycles. The Morgan fingerprint density at radius 2 is 1.56 bits per heavy atom. The third kappa shape index (κ3) is 2.82. The van der Waals surface area contributed by atoms with Gasteiger partial charge in [-0.25, -0.2) is 0 Å². The van der Waals surface area contributed by atoms with Gasteiger partial charge in [-0.15, -0.1) is 0 Å². The van der Waals surface area contributed by atoms with Crippen LogP contribution in [0.3, 0.4) is 0 Å². The molecule has 8 heteroatoms. The number of rotatable bonds is 3. The monoisotopic (exact) mass is 432 g/mol. The minimum Gasteiger partial charge on any atom is -0.384 e. The molecule has 8 nitrogen and oxygen atoms in total. The summed E-state index contributed by atoms with van der Waals surface area (Å²) in [7, 11) is 0. The van der Waals surface area contributed by atoms with Gasteiger partial charge in [0.1, 0.15) is 5.82 Å². The normalized spacial score (nSPS) is 29.7. The zero-order valence-electron chi connectivity index (χ0n) is 17.5. The van der Waals surface area contributed by atoms with Crippen molar-refractivity contribution in [2.24, 2.45) is 23.7 Å². The zero-order chi connectivity index (χ0) is 22.1. The van der Waals surface area contributed by atoms with Crippen LogP contribution < -0.4 is 21.9 Å². The van der Waals surface area contributed by atoms with Crippen molar-refractivity contribution in [2.75, 3.05) is 5.73 Å². The fraction of sp³-hybridized carbons (Fsp3) is 0.417. The number of nitrogens with two attached hydrogens (primary N) is 1. The summed E-state index contributed by atoms with van der Waals surface area (Å²) in [4.78, 5) is 49.4. The van der Waals surface area contributed by atoms with Gasteiger partial charge in [0.25, 0.3) is 23.3 Å². The number of pyridine rings is 1. The van der Waals surface area contributed by atoms with Crippen LogP contribution in [0.4, 0.5) is 5.82 Å². The van der Waals surface area contributed by atoms with Gasteiger partial charge in [-0.05, 0) is 80.0 Å². The summed E-state index contributed by atoms with van der Waals surface area (Å²) in [5.74, 6) is 1.42. The van der Waals surface area contributed by atoms with Crippen LogP contribution in [-0.2, 0) is 0 Å². The number of hydrogen-bond donors (Lipinski definition) is 3. The van der Waals surface area contributed by atoms with E-state index in [9.17, 15) is 19.2 Å². The first-order valence-electron chi connectivity index (χ1n) is 11.2. The molecule has 4 N–H and O–H groups in total. The number of aromatic nitrogens is 1. The van der Waals surface area contributed by atoms with Gasteiger partial charge in [0.15, 0.2) is 0 Å². The second-order valence-corrected chi connectivity index (χ2v) is 9.75. The smallest absolute Gasteiger partial charge is 0.262 e. The van der Waals surface area contributed by atoms with Crippen LogP contribution in [0.1, 0.15) is 63.2 Å². The highest BCUT2D eigenvalue weighted by molar-refractivity contribution is 6.23. The predicted molar refractivity (Wildman–Crippen MR) is 117 cm³/mol. The molecule has 32 heavy (non-hydrogen) atoms. The van der Waals surface area contributed by atoms with Crippen LogP contribution in [0.15, 0.2) is 35.1 Å². The number of amides is 3. The number of imide groups is 1. The van der Waals surface area contributed by atoms with E-state index in [1.807, 2.05) is 0 Å². The lowest BCUT2D eigenvalue weighted by Crippen LogP contribution is -2.55. The van der Waals surface area contributed by atoms with E-state index in [4.69, 9.17) is 5.73 Å². The molecule has 1 aliphatic heterocycles. The number of fused-ring (bicyclic) bond motifs is 1.